The predicted octanol–water partition coefficient (Wildman–Crippen LogP) is 5.04. The first kappa shape index (κ1) is 18.0. The first-order chi connectivity index (χ1) is 12.4. The molecular formula is C22H25N3O. The number of methoxy groups -OCH3 is 1. The Morgan fingerprint density at radius 3 is 2.58 bits per heavy atom. The minimum Gasteiger partial charge on any atom is -0.496 e. The third-order valence-electron chi connectivity index (χ3n) is 5.33. The fraction of sp³-hybridized carbons (Fsp3) is 0.364. The van der Waals surface area contributed by atoms with Crippen molar-refractivity contribution in [3.63, 3.8) is 0 Å². The fourth-order valence-corrected chi connectivity index (χ4v) is 3.65. The SMILES string of the molecule is COc1cc2c(cc1C=Nc1ccc(C#N)cc1)C(C)CC(C)(C)N2C. The van der Waals surface area contributed by atoms with Gasteiger partial charge in [-0.15, -0.1) is 0 Å². The van der Waals surface area contributed by atoms with E-state index in [9.17, 15) is 0 Å². The predicted molar refractivity (Wildman–Crippen MR) is 107 cm³/mol. The van der Waals surface area contributed by atoms with Crippen LogP contribution in [0.5, 0.6) is 5.75 Å². The lowest BCUT2D eigenvalue weighted by Gasteiger charge is -2.45. The molecule has 2 aromatic carbocycles. The normalized spacial score (nSPS) is 18.5. The summed E-state index contributed by atoms with van der Waals surface area (Å²) in [6.07, 6.45) is 2.95. The smallest absolute Gasteiger partial charge is 0.129 e. The van der Waals surface area contributed by atoms with Gasteiger partial charge in [0.1, 0.15) is 5.75 Å². The summed E-state index contributed by atoms with van der Waals surface area (Å²) < 4.78 is 5.63. The van der Waals surface area contributed by atoms with Crippen LogP contribution in [-0.4, -0.2) is 25.9 Å². The first-order valence-corrected chi connectivity index (χ1v) is 8.85. The molecule has 0 aromatic heterocycles. The van der Waals surface area contributed by atoms with Crippen LogP contribution in [0.15, 0.2) is 41.4 Å². The minimum atomic E-state index is 0.121. The molecule has 0 saturated carbocycles. The van der Waals surface area contributed by atoms with Gasteiger partial charge in [-0.2, -0.15) is 5.26 Å². The van der Waals surface area contributed by atoms with Crippen LogP contribution in [0, 0.1) is 11.3 Å². The van der Waals surface area contributed by atoms with Gasteiger partial charge in [0, 0.05) is 36.1 Å². The Labute approximate surface area is 155 Å². The molecule has 0 N–H and O–H groups in total. The molecule has 1 aliphatic heterocycles. The Kier molecular flexibility index (Phi) is 4.73. The highest BCUT2D eigenvalue weighted by Crippen LogP contribution is 2.44. The maximum absolute atomic E-state index is 8.89. The highest BCUT2D eigenvalue weighted by atomic mass is 16.5. The number of fused-ring (bicyclic) bond motifs is 1. The molecule has 1 atom stereocenters. The van der Waals surface area contributed by atoms with E-state index >= 15 is 0 Å². The quantitative estimate of drug-likeness (QED) is 0.731. The molecule has 0 amide bonds. The van der Waals surface area contributed by atoms with E-state index in [1.165, 1.54) is 11.3 Å². The monoisotopic (exact) mass is 347 g/mol. The van der Waals surface area contributed by atoms with E-state index in [4.69, 9.17) is 10.00 Å². The van der Waals surface area contributed by atoms with Crippen molar-refractivity contribution in [3.8, 4) is 11.8 Å². The summed E-state index contributed by atoms with van der Waals surface area (Å²) in [4.78, 5) is 6.89. The van der Waals surface area contributed by atoms with Crippen molar-refractivity contribution in [1.29, 1.82) is 5.26 Å². The lowest BCUT2D eigenvalue weighted by Crippen LogP contribution is -2.45. The van der Waals surface area contributed by atoms with E-state index < -0.39 is 0 Å². The maximum atomic E-state index is 8.89. The lowest BCUT2D eigenvalue weighted by atomic mass is 9.80. The third kappa shape index (κ3) is 3.30. The first-order valence-electron chi connectivity index (χ1n) is 8.85. The topological polar surface area (TPSA) is 48.6 Å². The summed E-state index contributed by atoms with van der Waals surface area (Å²) >= 11 is 0. The van der Waals surface area contributed by atoms with Crippen LogP contribution < -0.4 is 9.64 Å². The number of hydrogen-bond acceptors (Lipinski definition) is 4. The molecule has 0 spiro atoms. The zero-order valence-corrected chi connectivity index (χ0v) is 16.1. The van der Waals surface area contributed by atoms with E-state index in [0.29, 0.717) is 11.5 Å². The second-order valence-electron chi connectivity index (χ2n) is 7.55. The van der Waals surface area contributed by atoms with Gasteiger partial charge in [-0.3, -0.25) is 4.99 Å². The van der Waals surface area contributed by atoms with Crippen LogP contribution in [0.25, 0.3) is 0 Å². The fourth-order valence-electron chi connectivity index (χ4n) is 3.65. The van der Waals surface area contributed by atoms with E-state index in [2.05, 4.69) is 55.9 Å². The second kappa shape index (κ2) is 6.84. The highest BCUT2D eigenvalue weighted by Gasteiger charge is 2.34. The molecule has 26 heavy (non-hydrogen) atoms. The van der Waals surface area contributed by atoms with Crippen molar-refractivity contribution in [2.75, 3.05) is 19.1 Å². The van der Waals surface area contributed by atoms with Gasteiger partial charge in [0.05, 0.1) is 24.4 Å². The molecule has 0 fully saturated rings. The number of aliphatic imine (C=N–C) groups is 1. The van der Waals surface area contributed by atoms with Gasteiger partial charge in [-0.05, 0) is 62.1 Å². The van der Waals surface area contributed by atoms with Gasteiger partial charge >= 0.3 is 0 Å². The van der Waals surface area contributed by atoms with E-state index in [1.807, 2.05) is 18.3 Å². The standard InChI is InChI=1S/C22H25N3O/c1-15-12-22(2,3)25(4)20-11-21(26-5)17(10-19(15)20)14-24-18-8-6-16(13-23)7-9-18/h6-11,14-15H,12H2,1-5H3. The van der Waals surface area contributed by atoms with Gasteiger partial charge < -0.3 is 9.64 Å². The minimum absolute atomic E-state index is 0.121. The summed E-state index contributed by atoms with van der Waals surface area (Å²) in [5, 5.41) is 8.89. The van der Waals surface area contributed by atoms with Crippen molar-refractivity contribution in [2.24, 2.45) is 4.99 Å². The molecule has 2 aromatic rings. The van der Waals surface area contributed by atoms with Gasteiger partial charge in [0.2, 0.25) is 0 Å². The van der Waals surface area contributed by atoms with Crippen LogP contribution in [0.4, 0.5) is 11.4 Å². The number of nitrogens with zero attached hydrogens (tertiary/aromatic N) is 3. The van der Waals surface area contributed by atoms with Crippen molar-refractivity contribution < 1.29 is 4.74 Å². The Balaban J connectivity index is 1.99. The van der Waals surface area contributed by atoms with Crippen LogP contribution in [0.1, 0.15) is 49.8 Å². The molecule has 0 radical (unpaired) electrons. The summed E-state index contributed by atoms with van der Waals surface area (Å²) in [6.45, 7) is 6.83. The molecule has 1 aliphatic rings. The summed E-state index contributed by atoms with van der Waals surface area (Å²) in [7, 11) is 3.84. The zero-order valence-electron chi connectivity index (χ0n) is 16.1. The summed E-state index contributed by atoms with van der Waals surface area (Å²) in [6, 6.07) is 13.7. The van der Waals surface area contributed by atoms with E-state index in [-0.39, 0.29) is 5.54 Å². The number of ether oxygens (including phenoxy) is 1. The molecule has 4 nitrogen and oxygen atoms in total. The number of nitriles is 1. The van der Waals surface area contributed by atoms with Gasteiger partial charge in [-0.25, -0.2) is 0 Å². The van der Waals surface area contributed by atoms with E-state index in [0.717, 1.165) is 23.4 Å². The molecule has 1 unspecified atom stereocenters. The van der Waals surface area contributed by atoms with Crippen LogP contribution in [0.2, 0.25) is 0 Å². The van der Waals surface area contributed by atoms with Crippen molar-refractivity contribution >= 4 is 17.6 Å². The number of rotatable bonds is 3. The van der Waals surface area contributed by atoms with E-state index in [1.54, 1.807) is 19.2 Å². The largest absolute Gasteiger partial charge is 0.496 e. The van der Waals surface area contributed by atoms with Crippen molar-refractivity contribution in [2.45, 2.75) is 38.6 Å². The third-order valence-corrected chi connectivity index (χ3v) is 5.33. The average Bonchev–Trinajstić information content (AvgIpc) is 2.64. The average molecular weight is 347 g/mol. The lowest BCUT2D eigenvalue weighted by molar-refractivity contribution is 0.389. The van der Waals surface area contributed by atoms with Gasteiger partial charge in [-0.1, -0.05) is 6.92 Å². The Bertz CT molecular complexity index is 875. The second-order valence-corrected chi connectivity index (χ2v) is 7.55. The zero-order chi connectivity index (χ0) is 18.9. The van der Waals surface area contributed by atoms with Crippen molar-refractivity contribution in [1.82, 2.24) is 0 Å². The molecule has 3 rings (SSSR count). The maximum Gasteiger partial charge on any atom is 0.129 e. The van der Waals surface area contributed by atoms with Gasteiger partial charge in [0.25, 0.3) is 0 Å². The summed E-state index contributed by atoms with van der Waals surface area (Å²) in [5.74, 6) is 1.29. The molecular weight excluding hydrogens is 322 g/mol. The molecule has 0 bridgehead atoms. The molecule has 0 saturated heterocycles. The summed E-state index contributed by atoms with van der Waals surface area (Å²) in [5.41, 5.74) is 5.09. The van der Waals surface area contributed by atoms with Crippen LogP contribution in [-0.2, 0) is 0 Å². The number of benzene rings is 2. The van der Waals surface area contributed by atoms with Crippen molar-refractivity contribution in [3.05, 3.63) is 53.1 Å². The Morgan fingerprint density at radius 1 is 1.27 bits per heavy atom. The molecule has 1 heterocycles. The number of hydrogen-bond donors (Lipinski definition) is 0. The highest BCUT2D eigenvalue weighted by molar-refractivity contribution is 5.87. The number of anilines is 1. The van der Waals surface area contributed by atoms with Gasteiger partial charge in [0.15, 0.2) is 0 Å². The molecule has 0 aliphatic carbocycles. The van der Waals surface area contributed by atoms with Crippen LogP contribution >= 0.6 is 0 Å². The van der Waals surface area contributed by atoms with Crippen LogP contribution in [0.3, 0.4) is 0 Å². The Morgan fingerprint density at radius 2 is 1.96 bits per heavy atom. The Hall–Kier alpha value is -2.80. The molecule has 134 valence electrons. The molecule has 4 heteroatoms.